The molecular weight excluding hydrogens is 288 g/mol. The summed E-state index contributed by atoms with van der Waals surface area (Å²) in [7, 11) is -3.63. The lowest BCUT2D eigenvalue weighted by Crippen LogP contribution is -2.30. The van der Waals surface area contributed by atoms with Crippen LogP contribution in [0, 0.1) is 6.92 Å². The van der Waals surface area contributed by atoms with E-state index < -0.39 is 10.0 Å². The van der Waals surface area contributed by atoms with Gasteiger partial charge in [-0.1, -0.05) is 13.0 Å². The summed E-state index contributed by atoms with van der Waals surface area (Å²) in [6.07, 6.45) is 2.28. The first-order valence-electron chi connectivity index (χ1n) is 6.95. The van der Waals surface area contributed by atoms with Gasteiger partial charge < -0.3 is 0 Å². The summed E-state index contributed by atoms with van der Waals surface area (Å²) in [5.41, 5.74) is 1.39. The summed E-state index contributed by atoms with van der Waals surface area (Å²) in [5.74, 6) is 0. The van der Waals surface area contributed by atoms with Gasteiger partial charge in [-0.05, 0) is 38.5 Å². The van der Waals surface area contributed by atoms with Gasteiger partial charge in [-0.2, -0.15) is 5.10 Å². The Bertz CT molecular complexity index is 695. The average Bonchev–Trinajstić information content (AvgIpc) is 2.88. The van der Waals surface area contributed by atoms with Gasteiger partial charge in [0.15, 0.2) is 5.03 Å². The standard InChI is InChI=1S/C14H20N4O2S/c1-4-12(13-8-6-7-9-15-13)17-21(19,20)14-10-11(3)16-18(14)5-2/h6-10,12,17H,4-5H2,1-3H3/t12-/m0/s1. The fourth-order valence-electron chi connectivity index (χ4n) is 2.15. The molecule has 2 heterocycles. The van der Waals surface area contributed by atoms with E-state index in [0.29, 0.717) is 24.4 Å². The van der Waals surface area contributed by atoms with Gasteiger partial charge in [0.2, 0.25) is 0 Å². The summed E-state index contributed by atoms with van der Waals surface area (Å²) in [4.78, 5) is 4.23. The van der Waals surface area contributed by atoms with Gasteiger partial charge >= 0.3 is 0 Å². The molecule has 0 aliphatic carbocycles. The molecule has 6 nitrogen and oxygen atoms in total. The molecule has 0 radical (unpaired) electrons. The maximum absolute atomic E-state index is 12.6. The number of hydrogen-bond donors (Lipinski definition) is 1. The fraction of sp³-hybridized carbons (Fsp3) is 0.429. The van der Waals surface area contributed by atoms with E-state index in [1.807, 2.05) is 26.0 Å². The number of aryl methyl sites for hydroxylation is 2. The lowest BCUT2D eigenvalue weighted by atomic mass is 10.1. The maximum Gasteiger partial charge on any atom is 0.258 e. The summed E-state index contributed by atoms with van der Waals surface area (Å²) >= 11 is 0. The zero-order chi connectivity index (χ0) is 15.5. The predicted molar refractivity (Wildman–Crippen MR) is 80.2 cm³/mol. The molecule has 2 aromatic rings. The minimum Gasteiger partial charge on any atom is -0.260 e. The van der Waals surface area contributed by atoms with Gasteiger partial charge in [0.1, 0.15) is 0 Å². The Balaban J connectivity index is 2.31. The Hall–Kier alpha value is -1.73. The minimum atomic E-state index is -3.63. The number of sulfonamides is 1. The molecule has 21 heavy (non-hydrogen) atoms. The van der Waals surface area contributed by atoms with Crippen LogP contribution in [0.25, 0.3) is 0 Å². The highest BCUT2D eigenvalue weighted by Gasteiger charge is 2.24. The van der Waals surface area contributed by atoms with E-state index in [1.54, 1.807) is 25.3 Å². The lowest BCUT2D eigenvalue weighted by molar-refractivity contribution is 0.520. The van der Waals surface area contributed by atoms with Crippen LogP contribution < -0.4 is 4.72 Å². The van der Waals surface area contributed by atoms with Gasteiger partial charge in [0, 0.05) is 12.7 Å². The molecule has 0 bridgehead atoms. The smallest absolute Gasteiger partial charge is 0.258 e. The highest BCUT2D eigenvalue weighted by Crippen LogP contribution is 2.19. The summed E-state index contributed by atoms with van der Waals surface area (Å²) in [5, 5.41) is 4.37. The number of nitrogens with one attached hydrogen (secondary N) is 1. The molecular formula is C14H20N4O2S. The second-order valence-electron chi connectivity index (χ2n) is 4.78. The van der Waals surface area contributed by atoms with Crippen molar-refractivity contribution in [3.05, 3.63) is 41.9 Å². The first-order chi connectivity index (χ1) is 9.97. The Morgan fingerprint density at radius 2 is 2.10 bits per heavy atom. The fourth-order valence-corrected chi connectivity index (χ4v) is 3.70. The number of hydrogen-bond acceptors (Lipinski definition) is 4. The number of aromatic nitrogens is 3. The maximum atomic E-state index is 12.6. The molecule has 0 amide bonds. The van der Waals surface area contributed by atoms with Crippen LogP contribution in [0.1, 0.15) is 37.7 Å². The largest absolute Gasteiger partial charge is 0.260 e. The van der Waals surface area contributed by atoms with Crippen molar-refractivity contribution in [2.45, 2.75) is 44.8 Å². The van der Waals surface area contributed by atoms with Crippen molar-refractivity contribution < 1.29 is 8.42 Å². The molecule has 0 saturated heterocycles. The van der Waals surface area contributed by atoms with Crippen molar-refractivity contribution in [2.75, 3.05) is 0 Å². The van der Waals surface area contributed by atoms with Crippen LogP contribution in [0.2, 0.25) is 0 Å². The van der Waals surface area contributed by atoms with Crippen LogP contribution in [0.3, 0.4) is 0 Å². The van der Waals surface area contributed by atoms with E-state index >= 15 is 0 Å². The van der Waals surface area contributed by atoms with Crippen molar-refractivity contribution in [3.8, 4) is 0 Å². The molecule has 114 valence electrons. The average molecular weight is 308 g/mol. The second kappa shape index (κ2) is 6.36. The van der Waals surface area contributed by atoms with Crippen molar-refractivity contribution in [3.63, 3.8) is 0 Å². The Labute approximate surface area is 125 Å². The highest BCUT2D eigenvalue weighted by molar-refractivity contribution is 7.89. The van der Waals surface area contributed by atoms with E-state index in [0.717, 1.165) is 0 Å². The van der Waals surface area contributed by atoms with Crippen molar-refractivity contribution in [2.24, 2.45) is 0 Å². The SMILES string of the molecule is CC[C@H](NS(=O)(=O)c1cc(C)nn1CC)c1ccccn1. The van der Waals surface area contributed by atoms with Crippen LogP contribution in [-0.2, 0) is 16.6 Å². The van der Waals surface area contributed by atoms with Crippen molar-refractivity contribution in [1.82, 2.24) is 19.5 Å². The molecule has 0 aromatic carbocycles. The van der Waals surface area contributed by atoms with E-state index in [2.05, 4.69) is 14.8 Å². The molecule has 2 aromatic heterocycles. The molecule has 0 fully saturated rings. The van der Waals surface area contributed by atoms with Gasteiger partial charge in [-0.15, -0.1) is 0 Å². The van der Waals surface area contributed by atoms with Crippen LogP contribution in [0.5, 0.6) is 0 Å². The lowest BCUT2D eigenvalue weighted by Gasteiger charge is -2.16. The topological polar surface area (TPSA) is 76.9 Å². The summed E-state index contributed by atoms with van der Waals surface area (Å²) in [6, 6.07) is 6.70. The number of nitrogens with zero attached hydrogens (tertiary/aromatic N) is 3. The minimum absolute atomic E-state index is 0.192. The van der Waals surface area contributed by atoms with E-state index in [1.165, 1.54) is 4.68 Å². The predicted octanol–water partition coefficient (Wildman–Crippen LogP) is 2.04. The molecule has 1 atom stereocenters. The monoisotopic (exact) mass is 308 g/mol. The first kappa shape index (κ1) is 15.7. The molecule has 7 heteroatoms. The van der Waals surface area contributed by atoms with Gasteiger partial charge in [-0.25, -0.2) is 13.1 Å². The van der Waals surface area contributed by atoms with E-state index in [9.17, 15) is 8.42 Å². The number of rotatable bonds is 6. The quantitative estimate of drug-likeness (QED) is 0.886. The molecule has 0 aliphatic heterocycles. The summed E-state index contributed by atoms with van der Waals surface area (Å²) in [6.45, 7) is 6.07. The molecule has 0 saturated carbocycles. The molecule has 1 N–H and O–H groups in total. The van der Waals surface area contributed by atoms with Gasteiger partial charge in [0.25, 0.3) is 10.0 Å². The van der Waals surface area contributed by atoms with Crippen molar-refractivity contribution in [1.29, 1.82) is 0 Å². The van der Waals surface area contributed by atoms with E-state index in [4.69, 9.17) is 0 Å². The third kappa shape index (κ3) is 3.48. The second-order valence-corrected chi connectivity index (χ2v) is 6.44. The third-order valence-electron chi connectivity index (χ3n) is 3.19. The Kier molecular flexibility index (Phi) is 4.74. The van der Waals surface area contributed by atoms with Crippen LogP contribution >= 0.6 is 0 Å². The summed E-state index contributed by atoms with van der Waals surface area (Å²) < 4.78 is 29.3. The normalized spacial score (nSPS) is 13.3. The van der Waals surface area contributed by atoms with Crippen LogP contribution in [0.4, 0.5) is 0 Å². The van der Waals surface area contributed by atoms with Gasteiger partial charge in [0.05, 0.1) is 17.4 Å². The van der Waals surface area contributed by atoms with Crippen LogP contribution in [0.15, 0.2) is 35.5 Å². The Morgan fingerprint density at radius 1 is 1.33 bits per heavy atom. The van der Waals surface area contributed by atoms with Gasteiger partial charge in [-0.3, -0.25) is 9.67 Å². The number of pyridine rings is 1. The molecule has 0 unspecified atom stereocenters. The van der Waals surface area contributed by atoms with Crippen LogP contribution in [-0.4, -0.2) is 23.2 Å². The highest BCUT2D eigenvalue weighted by atomic mass is 32.2. The molecule has 2 rings (SSSR count). The zero-order valence-electron chi connectivity index (χ0n) is 12.4. The third-order valence-corrected chi connectivity index (χ3v) is 4.66. The zero-order valence-corrected chi connectivity index (χ0v) is 13.3. The first-order valence-corrected chi connectivity index (χ1v) is 8.44. The Morgan fingerprint density at radius 3 is 2.67 bits per heavy atom. The molecule has 0 spiro atoms. The van der Waals surface area contributed by atoms with E-state index in [-0.39, 0.29) is 11.1 Å². The van der Waals surface area contributed by atoms with Crippen molar-refractivity contribution >= 4 is 10.0 Å². The molecule has 0 aliphatic rings.